The Morgan fingerprint density at radius 2 is 1.75 bits per heavy atom. The van der Waals surface area contributed by atoms with E-state index in [1.807, 2.05) is 69.3 Å². The van der Waals surface area contributed by atoms with Gasteiger partial charge in [-0.15, -0.1) is 0 Å². The lowest BCUT2D eigenvalue weighted by Crippen LogP contribution is -2.61. The molecule has 7 heteroatoms. The molecule has 0 aliphatic carbocycles. The second-order valence-corrected chi connectivity index (χ2v) is 10.3. The van der Waals surface area contributed by atoms with E-state index in [0.717, 1.165) is 22.5 Å². The van der Waals surface area contributed by atoms with Crippen molar-refractivity contribution >= 4 is 46.0 Å². The predicted molar refractivity (Wildman–Crippen MR) is 124 cm³/mol. The van der Waals surface area contributed by atoms with E-state index in [1.165, 1.54) is 0 Å². The number of esters is 1. The van der Waals surface area contributed by atoms with Crippen LogP contribution < -0.4 is 15.4 Å². The van der Waals surface area contributed by atoms with E-state index < -0.39 is 34.0 Å². The van der Waals surface area contributed by atoms with Gasteiger partial charge in [0.1, 0.15) is 11.7 Å². The van der Waals surface area contributed by atoms with Crippen molar-refractivity contribution in [3.8, 4) is 5.75 Å². The molecule has 5 rings (SSSR count). The predicted octanol–water partition coefficient (Wildman–Crippen LogP) is 4.24. The smallest absolute Gasteiger partial charge is 0.338 e. The van der Waals surface area contributed by atoms with E-state index in [0.29, 0.717) is 21.9 Å². The lowest BCUT2D eigenvalue weighted by molar-refractivity contribution is -0.146. The van der Waals surface area contributed by atoms with Crippen LogP contribution in [0.15, 0.2) is 65.6 Å². The van der Waals surface area contributed by atoms with Gasteiger partial charge in [0, 0.05) is 16.0 Å². The van der Waals surface area contributed by atoms with Crippen LogP contribution in [-0.2, 0) is 14.4 Å². The fourth-order valence-electron chi connectivity index (χ4n) is 4.33. The molecule has 2 N–H and O–H groups in total. The van der Waals surface area contributed by atoms with Crippen LogP contribution in [0, 0.1) is 0 Å². The van der Waals surface area contributed by atoms with Crippen molar-refractivity contribution in [1.29, 1.82) is 0 Å². The molecule has 2 heterocycles. The summed E-state index contributed by atoms with van der Waals surface area (Å²) >= 11 is 1.08. The first-order valence-electron chi connectivity index (χ1n) is 10.4. The molecule has 2 aliphatic heterocycles. The number of rotatable bonds is 1. The molecular formula is C25H22N2O4S. The summed E-state index contributed by atoms with van der Waals surface area (Å²) in [5, 5.41) is 7.50. The minimum Gasteiger partial charge on any atom is -0.425 e. The summed E-state index contributed by atoms with van der Waals surface area (Å²) in [6.45, 7) is 5.60. The second kappa shape index (κ2) is 7.10. The lowest BCUT2D eigenvalue weighted by Gasteiger charge is -2.43. The third kappa shape index (κ3) is 3.07. The lowest BCUT2D eigenvalue weighted by atomic mass is 9.78. The number of thioether (sulfide) groups is 1. The van der Waals surface area contributed by atoms with E-state index in [-0.39, 0.29) is 0 Å². The van der Waals surface area contributed by atoms with Crippen molar-refractivity contribution in [1.82, 2.24) is 5.32 Å². The average Bonchev–Trinajstić information content (AvgIpc) is 2.73. The number of hydrogen-bond donors (Lipinski definition) is 2. The van der Waals surface area contributed by atoms with Gasteiger partial charge in [-0.05, 0) is 49.7 Å². The number of anilines is 1. The standard InChI is InChI=1S/C25H22N2O4S/c1-24(2,3)27-21(28)20-19-15-9-5-4-8-14(15)12-13-17(19)31-23(30)25(20)22(29)26-16-10-6-7-11-18(16)32-25/h4-13,20H,1-3H3,(H,26,29)(H,27,28)/t20-,25+/m0/s1. The summed E-state index contributed by atoms with van der Waals surface area (Å²) in [7, 11) is 0. The molecule has 32 heavy (non-hydrogen) atoms. The van der Waals surface area contributed by atoms with Crippen LogP contribution in [0.2, 0.25) is 0 Å². The van der Waals surface area contributed by atoms with Crippen molar-refractivity contribution in [3.63, 3.8) is 0 Å². The molecule has 0 saturated carbocycles. The summed E-state index contributed by atoms with van der Waals surface area (Å²) in [5.74, 6) is -2.47. The fourth-order valence-corrected chi connectivity index (χ4v) is 5.67. The number of amides is 2. The van der Waals surface area contributed by atoms with Crippen LogP contribution in [0.3, 0.4) is 0 Å². The maximum absolute atomic E-state index is 13.8. The van der Waals surface area contributed by atoms with E-state index in [1.54, 1.807) is 12.1 Å². The van der Waals surface area contributed by atoms with Crippen molar-refractivity contribution in [2.75, 3.05) is 5.32 Å². The Hall–Kier alpha value is -3.32. The Kier molecular flexibility index (Phi) is 4.57. The van der Waals surface area contributed by atoms with Crippen LogP contribution in [0.1, 0.15) is 32.3 Å². The van der Waals surface area contributed by atoms with Crippen LogP contribution in [0.4, 0.5) is 5.69 Å². The summed E-state index contributed by atoms with van der Waals surface area (Å²) in [4.78, 5) is 41.5. The molecule has 162 valence electrons. The van der Waals surface area contributed by atoms with Gasteiger partial charge >= 0.3 is 5.97 Å². The highest BCUT2D eigenvalue weighted by molar-refractivity contribution is 8.02. The zero-order valence-corrected chi connectivity index (χ0v) is 18.7. The minimum atomic E-state index is -1.79. The molecule has 2 amide bonds. The van der Waals surface area contributed by atoms with Crippen molar-refractivity contribution in [3.05, 3.63) is 66.2 Å². The molecule has 1 spiro atoms. The number of carbonyl (C=O) groups is 3. The molecule has 0 saturated heterocycles. The normalized spacial score (nSPS) is 22.0. The maximum atomic E-state index is 13.8. The van der Waals surface area contributed by atoms with Crippen LogP contribution >= 0.6 is 11.8 Å². The molecule has 0 radical (unpaired) electrons. The maximum Gasteiger partial charge on any atom is 0.338 e. The zero-order valence-electron chi connectivity index (χ0n) is 17.9. The average molecular weight is 447 g/mol. The molecule has 2 aliphatic rings. The topological polar surface area (TPSA) is 84.5 Å². The van der Waals surface area contributed by atoms with Crippen LogP contribution in [0.25, 0.3) is 10.8 Å². The van der Waals surface area contributed by atoms with Gasteiger partial charge in [0.25, 0.3) is 5.91 Å². The molecule has 3 aromatic rings. The van der Waals surface area contributed by atoms with Gasteiger partial charge in [-0.1, -0.05) is 54.2 Å². The van der Waals surface area contributed by atoms with Gasteiger partial charge in [0.05, 0.1) is 5.69 Å². The number of ether oxygens (including phenoxy) is 1. The fraction of sp³-hybridized carbons (Fsp3) is 0.240. The number of hydrogen-bond acceptors (Lipinski definition) is 5. The Morgan fingerprint density at radius 1 is 1.03 bits per heavy atom. The second-order valence-electron chi connectivity index (χ2n) is 9.05. The van der Waals surface area contributed by atoms with Gasteiger partial charge < -0.3 is 15.4 Å². The van der Waals surface area contributed by atoms with Crippen LogP contribution in [0.5, 0.6) is 5.75 Å². The first kappa shape index (κ1) is 20.6. The summed E-state index contributed by atoms with van der Waals surface area (Å²) in [5.41, 5.74) is 0.601. The molecule has 0 fully saturated rings. The van der Waals surface area contributed by atoms with E-state index in [9.17, 15) is 14.4 Å². The van der Waals surface area contributed by atoms with Crippen molar-refractivity contribution in [2.45, 2.75) is 41.9 Å². The number of benzene rings is 3. The number of fused-ring (bicyclic) bond motifs is 4. The molecule has 3 aromatic carbocycles. The van der Waals surface area contributed by atoms with Gasteiger partial charge in [-0.2, -0.15) is 0 Å². The van der Waals surface area contributed by atoms with Gasteiger partial charge in [0.15, 0.2) is 0 Å². The SMILES string of the molecule is CC(C)(C)NC(=O)[C@@H]1c2c(ccc3ccccc23)OC(=O)[C@@]12Sc1ccccc1NC2=O. The first-order valence-corrected chi connectivity index (χ1v) is 11.2. The Labute approximate surface area is 189 Å². The van der Waals surface area contributed by atoms with Gasteiger partial charge in [-0.3, -0.25) is 9.59 Å². The van der Waals surface area contributed by atoms with Gasteiger partial charge in [-0.25, -0.2) is 4.79 Å². The van der Waals surface area contributed by atoms with Gasteiger partial charge in [0.2, 0.25) is 10.7 Å². The quantitative estimate of drug-likeness (QED) is 0.332. The minimum absolute atomic E-state index is 0.306. The summed E-state index contributed by atoms with van der Waals surface area (Å²) in [6, 6.07) is 18.4. The molecule has 6 nitrogen and oxygen atoms in total. The monoisotopic (exact) mass is 446 g/mol. The molecule has 0 bridgehead atoms. The Balaban J connectivity index is 1.79. The van der Waals surface area contributed by atoms with E-state index in [4.69, 9.17) is 4.74 Å². The third-order valence-corrected chi connectivity index (χ3v) is 7.12. The molecule has 0 aromatic heterocycles. The number of carbonyl (C=O) groups excluding carboxylic acids is 3. The highest BCUT2D eigenvalue weighted by atomic mass is 32.2. The van der Waals surface area contributed by atoms with E-state index >= 15 is 0 Å². The first-order chi connectivity index (χ1) is 15.2. The molecule has 0 unspecified atom stereocenters. The Morgan fingerprint density at radius 3 is 2.53 bits per heavy atom. The number of nitrogens with one attached hydrogen (secondary N) is 2. The van der Waals surface area contributed by atoms with E-state index in [2.05, 4.69) is 10.6 Å². The largest absolute Gasteiger partial charge is 0.425 e. The highest BCUT2D eigenvalue weighted by Gasteiger charge is 2.63. The summed E-state index contributed by atoms with van der Waals surface area (Å²) < 4.78 is 3.94. The molecular weight excluding hydrogens is 424 g/mol. The third-order valence-electron chi connectivity index (χ3n) is 5.64. The van der Waals surface area contributed by atoms with Crippen LogP contribution in [-0.4, -0.2) is 28.1 Å². The van der Waals surface area contributed by atoms with Crippen molar-refractivity contribution in [2.24, 2.45) is 0 Å². The highest BCUT2D eigenvalue weighted by Crippen LogP contribution is 2.55. The molecule has 2 atom stereocenters. The van der Waals surface area contributed by atoms with Crippen molar-refractivity contribution < 1.29 is 19.1 Å². The number of para-hydroxylation sites is 1. The zero-order chi connectivity index (χ0) is 22.7. The summed E-state index contributed by atoms with van der Waals surface area (Å²) in [6.07, 6.45) is 0. The Bertz CT molecular complexity index is 1300.